The third-order valence-electron chi connectivity index (χ3n) is 1.77. The third kappa shape index (κ3) is 3.25. The second kappa shape index (κ2) is 4.68. The molecule has 1 rings (SSSR count). The van der Waals surface area contributed by atoms with Gasteiger partial charge in [0, 0.05) is 5.02 Å². The Labute approximate surface area is 89.8 Å². The van der Waals surface area contributed by atoms with Crippen molar-refractivity contribution in [2.45, 2.75) is 6.18 Å². The number of aliphatic hydroxyl groups is 1. The molecule has 0 aliphatic heterocycles. The maximum atomic E-state index is 12.3. The molecule has 15 heavy (non-hydrogen) atoms. The van der Waals surface area contributed by atoms with E-state index >= 15 is 0 Å². The van der Waals surface area contributed by atoms with Gasteiger partial charge in [-0.1, -0.05) is 29.8 Å². The summed E-state index contributed by atoms with van der Waals surface area (Å²) in [7, 11) is 0. The Morgan fingerprint density at radius 1 is 1.33 bits per heavy atom. The molecule has 0 radical (unpaired) electrons. The summed E-state index contributed by atoms with van der Waals surface area (Å²) in [6.45, 7) is -1.06. The molecule has 1 aromatic carbocycles. The van der Waals surface area contributed by atoms with Crippen molar-refractivity contribution < 1.29 is 18.3 Å². The molecule has 0 unspecified atom stereocenters. The molecule has 0 saturated carbocycles. The monoisotopic (exact) mass is 236 g/mol. The first-order chi connectivity index (χ1) is 6.95. The zero-order valence-electron chi connectivity index (χ0n) is 7.55. The van der Waals surface area contributed by atoms with Gasteiger partial charge in [-0.25, -0.2) is 0 Å². The fraction of sp³-hybridized carbons (Fsp3) is 0.200. The van der Waals surface area contributed by atoms with Crippen LogP contribution in [0.4, 0.5) is 13.2 Å². The smallest absolute Gasteiger partial charge is 0.392 e. The van der Waals surface area contributed by atoms with Crippen LogP contribution in [0.15, 0.2) is 29.8 Å². The fourth-order valence-corrected chi connectivity index (χ4v) is 1.19. The predicted octanol–water partition coefficient (Wildman–Crippen LogP) is 3.28. The van der Waals surface area contributed by atoms with E-state index < -0.39 is 18.4 Å². The number of aliphatic hydroxyl groups excluding tert-OH is 1. The summed E-state index contributed by atoms with van der Waals surface area (Å²) in [5.41, 5.74) is -0.781. The van der Waals surface area contributed by atoms with E-state index in [-0.39, 0.29) is 10.6 Å². The molecular weight excluding hydrogens is 229 g/mol. The molecule has 0 atom stereocenters. The second-order valence-corrected chi connectivity index (χ2v) is 3.25. The van der Waals surface area contributed by atoms with E-state index in [0.29, 0.717) is 0 Å². The normalized spacial score (nSPS) is 13.0. The molecule has 5 heteroatoms. The average Bonchev–Trinajstić information content (AvgIpc) is 2.14. The SMILES string of the molecule is OC/C(=C\c1ccccc1Cl)C(F)(F)F. The van der Waals surface area contributed by atoms with Crippen molar-refractivity contribution in [1.29, 1.82) is 0 Å². The van der Waals surface area contributed by atoms with Gasteiger partial charge < -0.3 is 5.11 Å². The first-order valence-corrected chi connectivity index (χ1v) is 4.46. The van der Waals surface area contributed by atoms with Crippen LogP contribution in [-0.2, 0) is 0 Å². The Bertz CT molecular complexity index is 371. The first kappa shape index (κ1) is 12.1. The van der Waals surface area contributed by atoms with Gasteiger partial charge in [0.05, 0.1) is 12.2 Å². The average molecular weight is 237 g/mol. The molecule has 0 aliphatic rings. The Hall–Kier alpha value is -1.00. The highest BCUT2D eigenvalue weighted by molar-refractivity contribution is 6.32. The van der Waals surface area contributed by atoms with Gasteiger partial charge in [0.15, 0.2) is 0 Å². The van der Waals surface area contributed by atoms with Gasteiger partial charge in [-0.15, -0.1) is 0 Å². The number of hydrogen-bond acceptors (Lipinski definition) is 1. The summed E-state index contributed by atoms with van der Waals surface area (Å²) in [6.07, 6.45) is -3.70. The molecular formula is C10H8ClF3O. The molecule has 0 amide bonds. The molecule has 0 spiro atoms. The summed E-state index contributed by atoms with van der Waals surface area (Å²) in [4.78, 5) is 0. The predicted molar refractivity (Wildman–Crippen MR) is 52.6 cm³/mol. The van der Waals surface area contributed by atoms with Gasteiger partial charge in [-0.05, 0) is 17.7 Å². The molecule has 1 N–H and O–H groups in total. The van der Waals surface area contributed by atoms with Crippen LogP contribution in [0.5, 0.6) is 0 Å². The number of hydrogen-bond donors (Lipinski definition) is 1. The molecule has 1 aromatic rings. The van der Waals surface area contributed by atoms with Crippen molar-refractivity contribution in [2.75, 3.05) is 6.61 Å². The fourth-order valence-electron chi connectivity index (χ4n) is 0.997. The van der Waals surface area contributed by atoms with Crippen LogP contribution >= 0.6 is 11.6 Å². The maximum absolute atomic E-state index is 12.3. The molecule has 0 aliphatic carbocycles. The molecule has 0 bridgehead atoms. The van der Waals surface area contributed by atoms with E-state index in [1.807, 2.05) is 0 Å². The quantitative estimate of drug-likeness (QED) is 0.836. The topological polar surface area (TPSA) is 20.2 Å². The summed E-state index contributed by atoms with van der Waals surface area (Å²) in [5.74, 6) is 0. The maximum Gasteiger partial charge on any atom is 0.414 e. The first-order valence-electron chi connectivity index (χ1n) is 4.08. The summed E-state index contributed by atoms with van der Waals surface area (Å²) < 4.78 is 36.8. The van der Waals surface area contributed by atoms with Crippen LogP contribution in [0.2, 0.25) is 5.02 Å². The van der Waals surface area contributed by atoms with Gasteiger partial charge in [0.1, 0.15) is 0 Å². The van der Waals surface area contributed by atoms with Gasteiger partial charge in [-0.3, -0.25) is 0 Å². The molecule has 0 heterocycles. The van der Waals surface area contributed by atoms with E-state index in [4.69, 9.17) is 16.7 Å². The number of rotatable bonds is 2. The van der Waals surface area contributed by atoms with Gasteiger partial charge in [0.25, 0.3) is 0 Å². The zero-order valence-corrected chi connectivity index (χ0v) is 8.31. The van der Waals surface area contributed by atoms with Gasteiger partial charge in [-0.2, -0.15) is 13.2 Å². The number of halogens is 4. The molecule has 0 saturated heterocycles. The highest BCUT2D eigenvalue weighted by Crippen LogP contribution is 2.28. The Kier molecular flexibility index (Phi) is 3.77. The van der Waals surface area contributed by atoms with Crippen molar-refractivity contribution in [3.05, 3.63) is 40.4 Å². The number of alkyl halides is 3. The van der Waals surface area contributed by atoms with E-state index in [1.54, 1.807) is 12.1 Å². The van der Waals surface area contributed by atoms with Crippen LogP contribution in [0.25, 0.3) is 6.08 Å². The third-order valence-corrected chi connectivity index (χ3v) is 2.11. The summed E-state index contributed by atoms with van der Waals surface area (Å²) in [5, 5.41) is 8.80. The zero-order chi connectivity index (χ0) is 11.5. The highest BCUT2D eigenvalue weighted by atomic mass is 35.5. The Morgan fingerprint density at radius 3 is 2.40 bits per heavy atom. The van der Waals surface area contributed by atoms with E-state index in [0.717, 1.165) is 6.08 Å². The molecule has 1 nitrogen and oxygen atoms in total. The lowest BCUT2D eigenvalue weighted by molar-refractivity contribution is -0.0964. The minimum atomic E-state index is -4.53. The van der Waals surface area contributed by atoms with Crippen LogP contribution in [0.3, 0.4) is 0 Å². The lowest BCUT2D eigenvalue weighted by Crippen LogP contribution is -2.14. The summed E-state index contributed by atoms with van der Waals surface area (Å²) in [6, 6.07) is 6.12. The largest absolute Gasteiger partial charge is 0.414 e. The lowest BCUT2D eigenvalue weighted by Gasteiger charge is -2.09. The lowest BCUT2D eigenvalue weighted by atomic mass is 10.1. The van der Waals surface area contributed by atoms with Crippen LogP contribution in [0.1, 0.15) is 5.56 Å². The van der Waals surface area contributed by atoms with Crippen molar-refractivity contribution in [3.8, 4) is 0 Å². The van der Waals surface area contributed by atoms with E-state index in [2.05, 4.69) is 0 Å². The van der Waals surface area contributed by atoms with Crippen LogP contribution in [-0.4, -0.2) is 17.9 Å². The van der Waals surface area contributed by atoms with Crippen molar-refractivity contribution in [1.82, 2.24) is 0 Å². The van der Waals surface area contributed by atoms with Crippen LogP contribution in [0, 0.1) is 0 Å². The Balaban J connectivity index is 3.10. The van der Waals surface area contributed by atoms with Crippen LogP contribution < -0.4 is 0 Å². The van der Waals surface area contributed by atoms with Crippen molar-refractivity contribution in [3.63, 3.8) is 0 Å². The van der Waals surface area contributed by atoms with Gasteiger partial charge >= 0.3 is 6.18 Å². The van der Waals surface area contributed by atoms with Crippen molar-refractivity contribution >= 4 is 17.7 Å². The van der Waals surface area contributed by atoms with Gasteiger partial charge in [0.2, 0.25) is 0 Å². The van der Waals surface area contributed by atoms with E-state index in [1.165, 1.54) is 12.1 Å². The van der Waals surface area contributed by atoms with E-state index in [9.17, 15) is 13.2 Å². The minimum absolute atomic E-state index is 0.215. The van der Waals surface area contributed by atoms with Crippen molar-refractivity contribution in [2.24, 2.45) is 0 Å². The Morgan fingerprint density at radius 2 is 1.93 bits per heavy atom. The molecule has 0 fully saturated rings. The minimum Gasteiger partial charge on any atom is -0.392 e. The second-order valence-electron chi connectivity index (χ2n) is 2.85. The summed E-state index contributed by atoms with van der Waals surface area (Å²) >= 11 is 5.68. The highest BCUT2D eigenvalue weighted by Gasteiger charge is 2.32. The standard InChI is InChI=1S/C10H8ClF3O/c11-9-4-2-1-3-7(9)5-8(6-15)10(12,13)14/h1-5,15H,6H2/b8-5+. The molecule has 0 aromatic heterocycles. The molecule has 82 valence electrons. The number of benzene rings is 1.